The maximum Gasteiger partial charge on any atom is 0.150 e. The molecule has 0 aliphatic carbocycles. The van der Waals surface area contributed by atoms with Crippen molar-refractivity contribution in [1.82, 2.24) is 0 Å². The van der Waals surface area contributed by atoms with Crippen LogP contribution in [-0.2, 0) is 0 Å². The van der Waals surface area contributed by atoms with E-state index in [0.29, 0.717) is 0 Å². The first-order valence-corrected chi connectivity index (χ1v) is 4.42. The van der Waals surface area contributed by atoms with E-state index in [2.05, 4.69) is 6.07 Å². The number of ether oxygens (including phenoxy) is 1. The highest BCUT2D eigenvalue weighted by Gasteiger charge is 2.01. The van der Waals surface area contributed by atoms with E-state index in [0.717, 1.165) is 5.75 Å². The quantitative estimate of drug-likeness (QED) is 0.720. The zero-order chi connectivity index (χ0) is 9.84. The van der Waals surface area contributed by atoms with Gasteiger partial charge in [-0.1, -0.05) is 13.0 Å². The Morgan fingerprint density at radius 3 is 2.23 bits per heavy atom. The molecule has 1 radical (unpaired) electrons. The summed E-state index contributed by atoms with van der Waals surface area (Å²) in [5, 5.41) is 0. The highest BCUT2D eigenvalue weighted by atomic mass is 16.5. The van der Waals surface area contributed by atoms with Gasteiger partial charge in [0.15, 0.2) is 6.23 Å². The number of benzene rings is 1. The molecule has 2 heteroatoms. The van der Waals surface area contributed by atoms with Gasteiger partial charge in [0.2, 0.25) is 0 Å². The number of aryl methyl sites for hydroxylation is 2. The van der Waals surface area contributed by atoms with Crippen LogP contribution >= 0.6 is 0 Å². The molecule has 0 amide bonds. The molecule has 1 aromatic carbocycles. The summed E-state index contributed by atoms with van der Waals surface area (Å²) in [6, 6.07) is 6.07. The molecule has 1 unspecified atom stereocenters. The first kappa shape index (κ1) is 10.1. The maximum absolute atomic E-state index is 5.63. The van der Waals surface area contributed by atoms with E-state index in [-0.39, 0.29) is 6.23 Å². The van der Waals surface area contributed by atoms with E-state index in [1.54, 1.807) is 0 Å². The predicted octanol–water partition coefficient (Wildman–Crippen LogP) is 2.19. The second-order valence-electron chi connectivity index (χ2n) is 3.24. The van der Waals surface area contributed by atoms with Crippen LogP contribution in [0.4, 0.5) is 0 Å². The van der Waals surface area contributed by atoms with Crippen LogP contribution in [0.5, 0.6) is 5.75 Å². The fourth-order valence-corrected chi connectivity index (χ4v) is 1.23. The van der Waals surface area contributed by atoms with Crippen molar-refractivity contribution in [2.24, 2.45) is 5.73 Å². The number of nitrogens with two attached hydrogens (primary N) is 1. The smallest absolute Gasteiger partial charge is 0.150 e. The zero-order valence-electron chi connectivity index (χ0n) is 8.37. The van der Waals surface area contributed by atoms with Crippen molar-refractivity contribution in [1.29, 1.82) is 0 Å². The molecule has 2 nitrogen and oxygen atoms in total. The third-order valence-electron chi connectivity index (χ3n) is 1.80. The van der Waals surface area contributed by atoms with Crippen molar-refractivity contribution in [3.63, 3.8) is 0 Å². The van der Waals surface area contributed by atoms with Gasteiger partial charge in [-0.25, -0.2) is 0 Å². The number of hydrogen-bond acceptors (Lipinski definition) is 2. The average molecular weight is 178 g/mol. The van der Waals surface area contributed by atoms with Gasteiger partial charge in [-0.2, -0.15) is 0 Å². The number of hydrogen-bond donors (Lipinski definition) is 1. The predicted molar refractivity (Wildman–Crippen MR) is 54.5 cm³/mol. The van der Waals surface area contributed by atoms with E-state index < -0.39 is 0 Å². The van der Waals surface area contributed by atoms with Crippen LogP contribution in [0, 0.1) is 20.3 Å². The maximum atomic E-state index is 5.63. The Bertz CT molecular complexity index is 263. The van der Waals surface area contributed by atoms with Crippen molar-refractivity contribution < 1.29 is 4.74 Å². The summed E-state index contributed by atoms with van der Waals surface area (Å²) in [5.74, 6) is 0.836. The van der Waals surface area contributed by atoms with Gasteiger partial charge >= 0.3 is 0 Å². The molecule has 0 saturated heterocycles. The first-order chi connectivity index (χ1) is 6.11. The Hall–Kier alpha value is -1.02. The van der Waals surface area contributed by atoms with Gasteiger partial charge in [0.25, 0.3) is 0 Å². The third kappa shape index (κ3) is 3.07. The standard InChI is InChI=1S/C11H16NO/c1-4-11(12)13-10-6-8(2)5-9(3)7-10/h4-7,11H,12H2,1-3H3. The lowest BCUT2D eigenvalue weighted by Gasteiger charge is -2.13. The van der Waals surface area contributed by atoms with E-state index in [9.17, 15) is 0 Å². The van der Waals surface area contributed by atoms with Crippen molar-refractivity contribution in [2.75, 3.05) is 0 Å². The summed E-state index contributed by atoms with van der Waals surface area (Å²) in [4.78, 5) is 0. The monoisotopic (exact) mass is 178 g/mol. The Labute approximate surface area is 79.7 Å². The summed E-state index contributed by atoms with van der Waals surface area (Å²) < 4.78 is 5.45. The Morgan fingerprint density at radius 2 is 1.77 bits per heavy atom. The molecule has 0 saturated carbocycles. The van der Waals surface area contributed by atoms with Crippen LogP contribution in [-0.4, -0.2) is 6.23 Å². The van der Waals surface area contributed by atoms with Gasteiger partial charge < -0.3 is 4.74 Å². The molecular formula is C11H16NO. The molecule has 0 bridgehead atoms. The summed E-state index contributed by atoms with van der Waals surface area (Å²) in [6.45, 7) is 5.97. The molecule has 0 aliphatic rings. The normalized spacial score (nSPS) is 12.6. The minimum Gasteiger partial charge on any atom is -0.475 e. The van der Waals surface area contributed by atoms with Gasteiger partial charge in [0.05, 0.1) is 0 Å². The molecule has 0 heterocycles. The van der Waals surface area contributed by atoms with E-state index in [1.807, 2.05) is 39.3 Å². The van der Waals surface area contributed by atoms with Gasteiger partial charge in [-0.3, -0.25) is 5.73 Å². The largest absolute Gasteiger partial charge is 0.475 e. The fourth-order valence-electron chi connectivity index (χ4n) is 1.23. The van der Waals surface area contributed by atoms with Crippen molar-refractivity contribution >= 4 is 0 Å². The summed E-state index contributed by atoms with van der Waals surface area (Å²) in [5.41, 5.74) is 8.01. The molecule has 1 atom stereocenters. The molecule has 13 heavy (non-hydrogen) atoms. The minimum absolute atomic E-state index is 0.318. The molecule has 0 aromatic heterocycles. The zero-order valence-corrected chi connectivity index (χ0v) is 8.37. The van der Waals surface area contributed by atoms with Crippen molar-refractivity contribution in [3.8, 4) is 5.75 Å². The Kier molecular flexibility index (Phi) is 3.32. The molecule has 0 fully saturated rings. The van der Waals surface area contributed by atoms with Crippen LogP contribution in [0.1, 0.15) is 18.1 Å². The molecule has 0 aliphatic heterocycles. The van der Waals surface area contributed by atoms with E-state index >= 15 is 0 Å². The Morgan fingerprint density at radius 1 is 1.23 bits per heavy atom. The average Bonchev–Trinajstić information content (AvgIpc) is 2.02. The van der Waals surface area contributed by atoms with Crippen LogP contribution in [0.25, 0.3) is 0 Å². The molecule has 2 N–H and O–H groups in total. The third-order valence-corrected chi connectivity index (χ3v) is 1.80. The van der Waals surface area contributed by atoms with Crippen LogP contribution in [0.3, 0.4) is 0 Å². The highest BCUT2D eigenvalue weighted by Crippen LogP contribution is 2.16. The Balaban J connectivity index is 2.77. The van der Waals surface area contributed by atoms with Crippen LogP contribution in [0.15, 0.2) is 18.2 Å². The lowest BCUT2D eigenvalue weighted by molar-refractivity contribution is 0.242. The molecule has 1 aromatic rings. The first-order valence-electron chi connectivity index (χ1n) is 4.42. The second-order valence-corrected chi connectivity index (χ2v) is 3.24. The molecular weight excluding hydrogens is 162 g/mol. The van der Waals surface area contributed by atoms with Gasteiger partial charge in [-0.15, -0.1) is 0 Å². The van der Waals surface area contributed by atoms with Gasteiger partial charge in [0, 0.05) is 6.42 Å². The molecule has 1 rings (SSSR count). The summed E-state index contributed by atoms with van der Waals surface area (Å²) >= 11 is 0. The molecule has 71 valence electrons. The summed E-state index contributed by atoms with van der Waals surface area (Å²) in [7, 11) is 0. The fraction of sp³-hybridized carbons (Fsp3) is 0.364. The van der Waals surface area contributed by atoms with Gasteiger partial charge in [-0.05, 0) is 37.1 Å². The van der Waals surface area contributed by atoms with Gasteiger partial charge in [0.1, 0.15) is 5.75 Å². The van der Waals surface area contributed by atoms with Crippen LogP contribution < -0.4 is 10.5 Å². The summed E-state index contributed by atoms with van der Waals surface area (Å²) in [6.07, 6.45) is 1.50. The van der Waals surface area contributed by atoms with E-state index in [1.165, 1.54) is 11.1 Å². The minimum atomic E-state index is -0.318. The lowest BCUT2D eigenvalue weighted by atomic mass is 10.1. The topological polar surface area (TPSA) is 35.2 Å². The highest BCUT2D eigenvalue weighted by molar-refractivity contribution is 5.33. The SMILES string of the molecule is C[CH]C(N)Oc1cc(C)cc(C)c1. The second kappa shape index (κ2) is 4.28. The lowest BCUT2D eigenvalue weighted by Crippen LogP contribution is -2.26. The van der Waals surface area contributed by atoms with E-state index in [4.69, 9.17) is 10.5 Å². The van der Waals surface area contributed by atoms with Crippen LogP contribution in [0.2, 0.25) is 0 Å². The van der Waals surface area contributed by atoms with Crippen molar-refractivity contribution in [3.05, 3.63) is 35.7 Å². The van der Waals surface area contributed by atoms with Crippen molar-refractivity contribution in [2.45, 2.75) is 27.0 Å². The number of rotatable bonds is 3. The molecule has 0 spiro atoms.